The fourth-order valence-corrected chi connectivity index (χ4v) is 1.74. The Labute approximate surface area is 76.6 Å². The number of carbonyl (C=O) groups excluding carboxylic acids is 2. The number of rotatable bonds is 2. The van der Waals surface area contributed by atoms with Gasteiger partial charge in [-0.1, -0.05) is 0 Å². The van der Waals surface area contributed by atoms with Crippen LogP contribution in [0.2, 0.25) is 0 Å². The van der Waals surface area contributed by atoms with Crippen molar-refractivity contribution in [2.45, 2.75) is 18.9 Å². The van der Waals surface area contributed by atoms with Crippen molar-refractivity contribution in [2.75, 3.05) is 13.1 Å². The van der Waals surface area contributed by atoms with Crippen LogP contribution in [0, 0.1) is 0 Å². The van der Waals surface area contributed by atoms with Crippen LogP contribution in [0.1, 0.15) is 12.8 Å². The van der Waals surface area contributed by atoms with Crippen LogP contribution >= 0.6 is 0 Å². The molecule has 4 heteroatoms. The summed E-state index contributed by atoms with van der Waals surface area (Å²) in [7, 11) is 0. The summed E-state index contributed by atoms with van der Waals surface area (Å²) in [5.41, 5.74) is 0. The van der Waals surface area contributed by atoms with Crippen LogP contribution in [0.15, 0.2) is 12.2 Å². The van der Waals surface area contributed by atoms with E-state index in [1.54, 1.807) is 0 Å². The summed E-state index contributed by atoms with van der Waals surface area (Å²) in [5.74, 6) is -0.364. The molecular weight excluding hydrogens is 168 g/mol. The zero-order valence-corrected chi connectivity index (χ0v) is 7.32. The van der Waals surface area contributed by atoms with Gasteiger partial charge in [-0.25, -0.2) is 0 Å². The summed E-state index contributed by atoms with van der Waals surface area (Å²) in [5, 5.41) is 3.25. The molecule has 0 aromatic rings. The summed E-state index contributed by atoms with van der Waals surface area (Å²) >= 11 is 0. The minimum absolute atomic E-state index is 0.182. The summed E-state index contributed by atoms with van der Waals surface area (Å²) < 4.78 is 0. The van der Waals surface area contributed by atoms with Crippen molar-refractivity contribution in [2.24, 2.45) is 0 Å². The molecule has 1 saturated heterocycles. The Kier molecular flexibility index (Phi) is 2.14. The van der Waals surface area contributed by atoms with E-state index in [0.717, 1.165) is 19.4 Å². The molecule has 4 nitrogen and oxygen atoms in total. The normalized spacial score (nSPS) is 27.7. The highest BCUT2D eigenvalue weighted by molar-refractivity contribution is 6.12. The van der Waals surface area contributed by atoms with Gasteiger partial charge in [-0.3, -0.25) is 14.5 Å². The molecule has 0 aliphatic carbocycles. The second kappa shape index (κ2) is 3.30. The SMILES string of the molecule is O=C1C=CC(=O)N1CC1CCCN1. The highest BCUT2D eigenvalue weighted by Crippen LogP contribution is 2.10. The van der Waals surface area contributed by atoms with E-state index in [1.165, 1.54) is 17.1 Å². The maximum atomic E-state index is 11.2. The van der Waals surface area contributed by atoms with E-state index >= 15 is 0 Å². The Hall–Kier alpha value is -1.16. The zero-order valence-electron chi connectivity index (χ0n) is 7.32. The van der Waals surface area contributed by atoms with Crippen molar-refractivity contribution < 1.29 is 9.59 Å². The van der Waals surface area contributed by atoms with Crippen molar-refractivity contribution in [3.8, 4) is 0 Å². The monoisotopic (exact) mass is 180 g/mol. The number of imide groups is 1. The lowest BCUT2D eigenvalue weighted by Gasteiger charge is -2.18. The summed E-state index contributed by atoms with van der Waals surface area (Å²) in [6.45, 7) is 1.51. The van der Waals surface area contributed by atoms with Crippen LogP contribution in [-0.4, -0.2) is 35.8 Å². The third kappa shape index (κ3) is 1.62. The van der Waals surface area contributed by atoms with Crippen molar-refractivity contribution in [1.82, 2.24) is 10.2 Å². The van der Waals surface area contributed by atoms with Crippen LogP contribution in [-0.2, 0) is 9.59 Å². The van der Waals surface area contributed by atoms with E-state index in [4.69, 9.17) is 0 Å². The fourth-order valence-electron chi connectivity index (χ4n) is 1.74. The maximum Gasteiger partial charge on any atom is 0.253 e. The minimum atomic E-state index is -0.182. The van der Waals surface area contributed by atoms with Gasteiger partial charge in [-0.2, -0.15) is 0 Å². The Morgan fingerprint density at radius 2 is 2.08 bits per heavy atom. The Morgan fingerprint density at radius 3 is 2.62 bits per heavy atom. The molecule has 2 aliphatic heterocycles. The van der Waals surface area contributed by atoms with Gasteiger partial charge < -0.3 is 5.32 Å². The second-order valence-electron chi connectivity index (χ2n) is 3.41. The highest BCUT2D eigenvalue weighted by atomic mass is 16.2. The Bertz CT molecular complexity index is 249. The topological polar surface area (TPSA) is 49.4 Å². The molecule has 2 rings (SSSR count). The van der Waals surface area contributed by atoms with Gasteiger partial charge in [-0.05, 0) is 19.4 Å². The summed E-state index contributed by atoms with van der Waals surface area (Å²) in [6, 6.07) is 0.299. The highest BCUT2D eigenvalue weighted by Gasteiger charge is 2.27. The third-order valence-electron chi connectivity index (χ3n) is 2.47. The Morgan fingerprint density at radius 1 is 1.38 bits per heavy atom. The van der Waals surface area contributed by atoms with Crippen LogP contribution in [0.4, 0.5) is 0 Å². The van der Waals surface area contributed by atoms with Crippen LogP contribution in [0.3, 0.4) is 0 Å². The lowest BCUT2D eigenvalue weighted by Crippen LogP contribution is -2.40. The van der Waals surface area contributed by atoms with Gasteiger partial charge >= 0.3 is 0 Å². The molecule has 2 aliphatic rings. The van der Waals surface area contributed by atoms with Crippen molar-refractivity contribution in [3.05, 3.63) is 12.2 Å². The first-order valence-electron chi connectivity index (χ1n) is 4.54. The van der Waals surface area contributed by atoms with Gasteiger partial charge in [0.2, 0.25) is 0 Å². The molecule has 0 spiro atoms. The average molecular weight is 180 g/mol. The molecule has 1 N–H and O–H groups in total. The van der Waals surface area contributed by atoms with Gasteiger partial charge in [-0.15, -0.1) is 0 Å². The molecule has 1 fully saturated rings. The largest absolute Gasteiger partial charge is 0.312 e. The van der Waals surface area contributed by atoms with Crippen molar-refractivity contribution in [3.63, 3.8) is 0 Å². The molecular formula is C9H12N2O2. The molecule has 0 saturated carbocycles. The van der Waals surface area contributed by atoms with Crippen molar-refractivity contribution in [1.29, 1.82) is 0 Å². The predicted molar refractivity (Wildman–Crippen MR) is 46.9 cm³/mol. The van der Waals surface area contributed by atoms with Gasteiger partial charge in [0.25, 0.3) is 11.8 Å². The maximum absolute atomic E-state index is 11.2. The quantitative estimate of drug-likeness (QED) is 0.592. The lowest BCUT2D eigenvalue weighted by molar-refractivity contribution is -0.137. The van der Waals surface area contributed by atoms with Gasteiger partial charge in [0.05, 0.1) is 0 Å². The minimum Gasteiger partial charge on any atom is -0.312 e. The molecule has 0 aromatic carbocycles. The molecule has 0 bridgehead atoms. The van der Waals surface area contributed by atoms with E-state index in [9.17, 15) is 9.59 Å². The number of amides is 2. The van der Waals surface area contributed by atoms with Crippen molar-refractivity contribution >= 4 is 11.8 Å². The van der Waals surface area contributed by atoms with E-state index in [1.807, 2.05) is 0 Å². The lowest BCUT2D eigenvalue weighted by atomic mass is 10.2. The fraction of sp³-hybridized carbons (Fsp3) is 0.556. The molecule has 70 valence electrons. The number of carbonyl (C=O) groups is 2. The number of nitrogens with zero attached hydrogens (tertiary/aromatic N) is 1. The average Bonchev–Trinajstić information content (AvgIpc) is 2.70. The molecule has 1 unspecified atom stereocenters. The molecule has 0 radical (unpaired) electrons. The summed E-state index contributed by atoms with van der Waals surface area (Å²) in [6.07, 6.45) is 4.85. The van der Waals surface area contributed by atoms with Crippen LogP contribution in [0.25, 0.3) is 0 Å². The first-order valence-corrected chi connectivity index (χ1v) is 4.54. The van der Waals surface area contributed by atoms with E-state index < -0.39 is 0 Å². The number of nitrogens with one attached hydrogen (secondary N) is 1. The second-order valence-corrected chi connectivity index (χ2v) is 3.41. The zero-order chi connectivity index (χ0) is 9.26. The third-order valence-corrected chi connectivity index (χ3v) is 2.47. The summed E-state index contributed by atoms with van der Waals surface area (Å²) in [4.78, 5) is 23.6. The van der Waals surface area contributed by atoms with E-state index in [2.05, 4.69) is 5.32 Å². The first-order chi connectivity index (χ1) is 6.27. The molecule has 1 atom stereocenters. The number of hydrogen-bond acceptors (Lipinski definition) is 3. The van der Waals surface area contributed by atoms with Gasteiger partial charge in [0.1, 0.15) is 0 Å². The van der Waals surface area contributed by atoms with Crippen LogP contribution < -0.4 is 5.32 Å². The molecule has 0 aromatic heterocycles. The predicted octanol–water partition coefficient (Wildman–Crippen LogP) is -0.337. The van der Waals surface area contributed by atoms with E-state index in [-0.39, 0.29) is 11.8 Å². The van der Waals surface area contributed by atoms with Gasteiger partial charge in [0.15, 0.2) is 0 Å². The van der Waals surface area contributed by atoms with E-state index in [0.29, 0.717) is 12.6 Å². The molecule has 2 amide bonds. The van der Waals surface area contributed by atoms with Gasteiger partial charge in [0, 0.05) is 24.7 Å². The smallest absolute Gasteiger partial charge is 0.253 e. The number of hydrogen-bond donors (Lipinski definition) is 1. The first kappa shape index (κ1) is 8.44. The molecule has 2 heterocycles. The molecule has 13 heavy (non-hydrogen) atoms. The standard InChI is InChI=1S/C9H12N2O2/c12-8-3-4-9(13)11(8)6-7-2-1-5-10-7/h3-4,7,10H,1-2,5-6H2. The van der Waals surface area contributed by atoms with Crippen LogP contribution in [0.5, 0.6) is 0 Å². The Balaban J connectivity index is 1.94.